The van der Waals surface area contributed by atoms with Gasteiger partial charge in [0.1, 0.15) is 5.76 Å². The maximum Gasteiger partial charge on any atom is 0.319 e. The predicted octanol–water partition coefficient (Wildman–Crippen LogP) is 2.92. The summed E-state index contributed by atoms with van der Waals surface area (Å²) in [5.41, 5.74) is 3.56. The Morgan fingerprint density at radius 2 is 2.22 bits per heavy atom. The Labute approximate surface area is 133 Å². The summed E-state index contributed by atoms with van der Waals surface area (Å²) < 4.78 is 5.13. The van der Waals surface area contributed by atoms with Crippen LogP contribution in [0.5, 0.6) is 0 Å². The van der Waals surface area contributed by atoms with E-state index in [1.54, 1.807) is 6.20 Å². The number of nitrogens with zero attached hydrogens (tertiary/aromatic N) is 2. The van der Waals surface area contributed by atoms with Gasteiger partial charge in [0.2, 0.25) is 0 Å². The number of urea groups is 1. The second kappa shape index (κ2) is 6.51. The van der Waals surface area contributed by atoms with Crippen molar-refractivity contribution in [2.75, 3.05) is 11.9 Å². The lowest BCUT2D eigenvalue weighted by atomic mass is 10.1. The lowest BCUT2D eigenvalue weighted by Gasteiger charge is -2.08. The highest BCUT2D eigenvalue weighted by Crippen LogP contribution is 2.20. The number of aryl methyl sites for hydroxylation is 2. The summed E-state index contributed by atoms with van der Waals surface area (Å²) >= 11 is 0. The van der Waals surface area contributed by atoms with Gasteiger partial charge in [-0.2, -0.15) is 5.10 Å². The molecular weight excluding hydrogens is 294 g/mol. The molecule has 0 spiro atoms. The quantitative estimate of drug-likeness (QED) is 0.631. The molecule has 0 aliphatic carbocycles. The monoisotopic (exact) mass is 313 g/mol. The zero-order valence-corrected chi connectivity index (χ0v) is 13.1. The number of benzene rings is 1. The normalized spacial score (nSPS) is 10.9. The predicted molar refractivity (Wildman–Crippen MR) is 87.4 cm³/mol. The van der Waals surface area contributed by atoms with Crippen molar-refractivity contribution in [1.82, 2.24) is 20.7 Å². The lowest BCUT2D eigenvalue weighted by Crippen LogP contribution is -2.29. The maximum absolute atomic E-state index is 12.0. The summed E-state index contributed by atoms with van der Waals surface area (Å²) in [5.74, 6) is 0.845. The van der Waals surface area contributed by atoms with Crippen LogP contribution in [0.1, 0.15) is 23.4 Å². The highest BCUT2D eigenvalue weighted by molar-refractivity contribution is 5.99. The molecule has 23 heavy (non-hydrogen) atoms. The summed E-state index contributed by atoms with van der Waals surface area (Å²) in [5, 5.41) is 17.4. The van der Waals surface area contributed by atoms with Crippen LogP contribution in [0.15, 0.2) is 28.9 Å². The van der Waals surface area contributed by atoms with Crippen molar-refractivity contribution in [3.05, 3.63) is 41.4 Å². The topological polar surface area (TPSA) is 95.8 Å². The molecule has 7 heteroatoms. The molecule has 0 radical (unpaired) electrons. The second-order valence-corrected chi connectivity index (χ2v) is 5.43. The summed E-state index contributed by atoms with van der Waals surface area (Å²) in [6.07, 6.45) is 3.38. The molecule has 0 fully saturated rings. The smallest absolute Gasteiger partial charge is 0.319 e. The summed E-state index contributed by atoms with van der Waals surface area (Å²) in [4.78, 5) is 12.0. The van der Waals surface area contributed by atoms with Gasteiger partial charge >= 0.3 is 6.03 Å². The Balaban J connectivity index is 1.49. The minimum Gasteiger partial charge on any atom is -0.361 e. The molecule has 1 aromatic carbocycles. The number of rotatable bonds is 5. The SMILES string of the molecule is Cc1noc(C)c1CCCNC(=O)Nc1cccc2cn[nH]c12. The fourth-order valence-corrected chi connectivity index (χ4v) is 2.57. The first-order chi connectivity index (χ1) is 11.1. The third-order valence-corrected chi connectivity index (χ3v) is 3.80. The van der Waals surface area contributed by atoms with E-state index >= 15 is 0 Å². The minimum atomic E-state index is -0.231. The average molecular weight is 313 g/mol. The van der Waals surface area contributed by atoms with E-state index < -0.39 is 0 Å². The van der Waals surface area contributed by atoms with Gasteiger partial charge in [-0.25, -0.2) is 4.79 Å². The number of nitrogens with one attached hydrogen (secondary N) is 3. The van der Waals surface area contributed by atoms with Crippen LogP contribution >= 0.6 is 0 Å². The van der Waals surface area contributed by atoms with Crippen molar-refractivity contribution in [3.8, 4) is 0 Å². The van der Waals surface area contributed by atoms with Crippen LogP contribution in [0.3, 0.4) is 0 Å². The number of aromatic nitrogens is 3. The van der Waals surface area contributed by atoms with E-state index in [9.17, 15) is 4.79 Å². The van der Waals surface area contributed by atoms with Crippen molar-refractivity contribution in [1.29, 1.82) is 0 Å². The van der Waals surface area contributed by atoms with Gasteiger partial charge in [0.15, 0.2) is 0 Å². The Morgan fingerprint density at radius 3 is 3.00 bits per heavy atom. The molecule has 0 saturated carbocycles. The van der Waals surface area contributed by atoms with Crippen LogP contribution in [0.25, 0.3) is 10.9 Å². The van der Waals surface area contributed by atoms with Crippen molar-refractivity contribution in [2.24, 2.45) is 0 Å². The van der Waals surface area contributed by atoms with E-state index in [1.807, 2.05) is 32.0 Å². The Morgan fingerprint density at radius 1 is 1.35 bits per heavy atom. The van der Waals surface area contributed by atoms with Gasteiger partial charge in [0, 0.05) is 17.5 Å². The molecule has 0 aliphatic rings. The van der Waals surface area contributed by atoms with Gasteiger partial charge in [0.25, 0.3) is 0 Å². The number of hydrogen-bond acceptors (Lipinski definition) is 4. The van der Waals surface area contributed by atoms with Crippen LogP contribution in [0, 0.1) is 13.8 Å². The molecular formula is C16H19N5O2. The summed E-state index contributed by atoms with van der Waals surface area (Å²) in [6, 6.07) is 5.42. The Kier molecular flexibility index (Phi) is 4.27. The third kappa shape index (κ3) is 3.33. The highest BCUT2D eigenvalue weighted by Gasteiger charge is 2.09. The first-order valence-corrected chi connectivity index (χ1v) is 7.54. The van der Waals surface area contributed by atoms with Gasteiger partial charge in [-0.05, 0) is 32.8 Å². The molecule has 120 valence electrons. The van der Waals surface area contributed by atoms with Crippen LogP contribution < -0.4 is 10.6 Å². The van der Waals surface area contributed by atoms with E-state index in [-0.39, 0.29) is 6.03 Å². The van der Waals surface area contributed by atoms with Gasteiger partial charge in [-0.15, -0.1) is 0 Å². The molecule has 3 rings (SSSR count). The largest absolute Gasteiger partial charge is 0.361 e. The second-order valence-electron chi connectivity index (χ2n) is 5.43. The van der Waals surface area contributed by atoms with Crippen molar-refractivity contribution >= 4 is 22.6 Å². The highest BCUT2D eigenvalue weighted by atomic mass is 16.5. The number of hydrogen-bond donors (Lipinski definition) is 3. The number of para-hydroxylation sites is 1. The average Bonchev–Trinajstić information content (AvgIpc) is 3.13. The molecule has 2 aromatic heterocycles. The van der Waals surface area contributed by atoms with Crippen molar-refractivity contribution < 1.29 is 9.32 Å². The number of anilines is 1. The molecule has 3 N–H and O–H groups in total. The van der Waals surface area contributed by atoms with E-state index in [0.29, 0.717) is 12.2 Å². The molecule has 2 amide bonds. The fourth-order valence-electron chi connectivity index (χ4n) is 2.57. The van der Waals surface area contributed by atoms with Gasteiger partial charge in [-0.1, -0.05) is 17.3 Å². The maximum atomic E-state index is 12.0. The first-order valence-electron chi connectivity index (χ1n) is 7.54. The number of H-pyrrole nitrogens is 1. The van der Waals surface area contributed by atoms with Crippen molar-refractivity contribution in [2.45, 2.75) is 26.7 Å². The zero-order chi connectivity index (χ0) is 16.2. The molecule has 0 bridgehead atoms. The zero-order valence-electron chi connectivity index (χ0n) is 13.1. The van der Waals surface area contributed by atoms with Gasteiger partial charge < -0.3 is 15.2 Å². The summed E-state index contributed by atoms with van der Waals surface area (Å²) in [6.45, 7) is 4.41. The Hall–Kier alpha value is -2.83. The summed E-state index contributed by atoms with van der Waals surface area (Å²) in [7, 11) is 0. The third-order valence-electron chi connectivity index (χ3n) is 3.80. The Bertz CT molecular complexity index is 801. The molecule has 2 heterocycles. The number of carbonyl (C=O) groups is 1. The van der Waals surface area contributed by atoms with Gasteiger partial charge in [0.05, 0.1) is 23.1 Å². The molecule has 7 nitrogen and oxygen atoms in total. The molecule has 3 aromatic rings. The molecule has 0 aliphatic heterocycles. The number of aromatic amines is 1. The molecule has 0 saturated heterocycles. The van der Waals surface area contributed by atoms with Crippen LogP contribution in [-0.4, -0.2) is 27.9 Å². The van der Waals surface area contributed by atoms with E-state index in [1.165, 1.54) is 0 Å². The number of carbonyl (C=O) groups excluding carboxylic acids is 1. The first kappa shape index (κ1) is 15.1. The lowest BCUT2D eigenvalue weighted by molar-refractivity contribution is 0.252. The van der Waals surface area contributed by atoms with E-state index in [2.05, 4.69) is 26.0 Å². The fraction of sp³-hybridized carbons (Fsp3) is 0.312. The van der Waals surface area contributed by atoms with Crippen LogP contribution in [0.2, 0.25) is 0 Å². The van der Waals surface area contributed by atoms with Crippen LogP contribution in [0.4, 0.5) is 10.5 Å². The molecule has 0 atom stereocenters. The van der Waals surface area contributed by atoms with Crippen molar-refractivity contribution in [3.63, 3.8) is 0 Å². The standard InChI is InChI=1S/C16H19N5O2/c1-10-13(11(2)23-21-10)6-4-8-17-16(22)19-14-7-3-5-12-9-18-20-15(12)14/h3,5,7,9H,4,6,8H2,1-2H3,(H,18,20)(H2,17,19,22). The molecule has 0 unspecified atom stereocenters. The minimum absolute atomic E-state index is 0.231. The van der Waals surface area contributed by atoms with E-state index in [0.717, 1.165) is 40.8 Å². The van der Waals surface area contributed by atoms with Gasteiger partial charge in [-0.3, -0.25) is 5.10 Å². The number of fused-ring (bicyclic) bond motifs is 1. The van der Waals surface area contributed by atoms with E-state index in [4.69, 9.17) is 4.52 Å². The number of amides is 2. The van der Waals surface area contributed by atoms with Crippen LogP contribution in [-0.2, 0) is 6.42 Å².